The van der Waals surface area contributed by atoms with E-state index < -0.39 is 6.04 Å². The first-order valence-electron chi connectivity index (χ1n) is 8.86. The highest BCUT2D eigenvalue weighted by Gasteiger charge is 2.31. The first-order valence-corrected chi connectivity index (χ1v) is 9.74. The normalized spacial score (nSPS) is 17.1. The molecule has 0 saturated carbocycles. The number of hydrogen-bond acceptors (Lipinski definition) is 4. The molecule has 0 spiro atoms. The van der Waals surface area contributed by atoms with E-state index in [1.54, 1.807) is 6.07 Å². The van der Waals surface area contributed by atoms with Gasteiger partial charge in [-0.25, -0.2) is 0 Å². The largest absolute Gasteiger partial charge is 0.341 e. The maximum absolute atomic E-state index is 12.9. The average molecular weight is 352 g/mol. The molecule has 1 aromatic rings. The maximum atomic E-state index is 12.9. The lowest BCUT2D eigenvalue weighted by Gasteiger charge is -2.35. The van der Waals surface area contributed by atoms with Crippen molar-refractivity contribution in [2.24, 2.45) is 11.8 Å². The van der Waals surface area contributed by atoms with Crippen LogP contribution in [0.15, 0.2) is 17.5 Å². The molecule has 0 radical (unpaired) electrons. The molecule has 134 valence electrons. The molecule has 1 aliphatic heterocycles. The minimum atomic E-state index is -0.454. The molecule has 0 bridgehead atoms. The molecule has 1 saturated heterocycles. The average Bonchev–Trinajstić information content (AvgIpc) is 3.12. The molecule has 0 aromatic carbocycles. The van der Waals surface area contributed by atoms with Crippen LogP contribution in [-0.4, -0.2) is 48.9 Å². The lowest BCUT2D eigenvalue weighted by atomic mass is 9.95. The Bertz CT molecular complexity index is 522. The molecule has 6 heteroatoms. The van der Waals surface area contributed by atoms with Crippen LogP contribution in [0.2, 0.25) is 0 Å². The van der Waals surface area contributed by atoms with Crippen LogP contribution in [0.4, 0.5) is 0 Å². The lowest BCUT2D eigenvalue weighted by molar-refractivity contribution is -0.135. The van der Waals surface area contributed by atoms with Gasteiger partial charge in [0.05, 0.1) is 4.88 Å². The third kappa shape index (κ3) is 5.05. The van der Waals surface area contributed by atoms with Crippen LogP contribution in [0.5, 0.6) is 0 Å². The quantitative estimate of drug-likeness (QED) is 0.793. The van der Waals surface area contributed by atoms with Crippen molar-refractivity contribution >= 4 is 23.2 Å². The zero-order valence-corrected chi connectivity index (χ0v) is 15.7. The smallest absolute Gasteiger partial charge is 0.262 e. The molecule has 2 heterocycles. The Morgan fingerprint density at radius 3 is 2.58 bits per heavy atom. The minimum absolute atomic E-state index is 0.0526. The Hall–Kier alpha value is -1.40. The summed E-state index contributed by atoms with van der Waals surface area (Å²) in [6, 6.07) is 3.18. The first-order chi connectivity index (χ1) is 11.5. The van der Waals surface area contributed by atoms with Crippen LogP contribution in [0.1, 0.15) is 43.3 Å². The van der Waals surface area contributed by atoms with Crippen molar-refractivity contribution < 1.29 is 9.59 Å². The van der Waals surface area contributed by atoms with E-state index in [-0.39, 0.29) is 17.7 Å². The number of nitrogens with zero attached hydrogens (tertiary/aromatic N) is 1. The van der Waals surface area contributed by atoms with Crippen molar-refractivity contribution in [1.82, 2.24) is 15.5 Å². The van der Waals surface area contributed by atoms with Crippen molar-refractivity contribution in [2.45, 2.75) is 39.7 Å². The van der Waals surface area contributed by atoms with Gasteiger partial charge in [-0.15, -0.1) is 11.3 Å². The van der Waals surface area contributed by atoms with Gasteiger partial charge in [0.1, 0.15) is 6.04 Å². The number of carbonyl (C=O) groups excluding carboxylic acids is 2. The van der Waals surface area contributed by atoms with E-state index in [1.807, 2.05) is 30.2 Å². The standard InChI is InChI=1S/C18H29N3O2S/c1-4-19-12-14-7-9-21(10-8-14)18(23)16(13(2)3)20-17(22)15-6-5-11-24-15/h5-6,11,13-14,16,19H,4,7-10,12H2,1-3H3,(H,20,22). The molecule has 0 aliphatic carbocycles. The number of piperidine rings is 1. The van der Waals surface area contributed by atoms with Crippen LogP contribution in [-0.2, 0) is 4.79 Å². The van der Waals surface area contributed by atoms with Gasteiger partial charge < -0.3 is 15.5 Å². The van der Waals surface area contributed by atoms with Crippen LogP contribution >= 0.6 is 11.3 Å². The summed E-state index contributed by atoms with van der Waals surface area (Å²) in [6.07, 6.45) is 2.06. The van der Waals surface area contributed by atoms with Gasteiger partial charge in [0.2, 0.25) is 5.91 Å². The number of carbonyl (C=O) groups is 2. The molecule has 1 fully saturated rings. The van der Waals surface area contributed by atoms with E-state index >= 15 is 0 Å². The predicted octanol–water partition coefficient (Wildman–Crippen LogP) is 2.35. The second-order valence-electron chi connectivity index (χ2n) is 6.75. The Morgan fingerprint density at radius 2 is 2.04 bits per heavy atom. The van der Waals surface area contributed by atoms with Gasteiger partial charge in [-0.05, 0) is 49.2 Å². The van der Waals surface area contributed by atoms with E-state index in [9.17, 15) is 9.59 Å². The van der Waals surface area contributed by atoms with Crippen molar-refractivity contribution in [3.8, 4) is 0 Å². The molecule has 2 rings (SSSR count). The fourth-order valence-corrected chi connectivity index (χ4v) is 3.66. The van der Waals surface area contributed by atoms with Gasteiger partial charge in [-0.3, -0.25) is 9.59 Å². The van der Waals surface area contributed by atoms with Crippen LogP contribution in [0.25, 0.3) is 0 Å². The Morgan fingerprint density at radius 1 is 1.33 bits per heavy atom. The van der Waals surface area contributed by atoms with E-state index in [4.69, 9.17) is 0 Å². The van der Waals surface area contributed by atoms with Crippen molar-refractivity contribution in [2.75, 3.05) is 26.2 Å². The summed E-state index contributed by atoms with van der Waals surface area (Å²) < 4.78 is 0. The second-order valence-corrected chi connectivity index (χ2v) is 7.70. The lowest BCUT2D eigenvalue weighted by Crippen LogP contribution is -2.53. The first kappa shape index (κ1) is 18.9. The highest BCUT2D eigenvalue weighted by atomic mass is 32.1. The molecule has 5 nitrogen and oxygen atoms in total. The Balaban J connectivity index is 1.91. The monoisotopic (exact) mass is 351 g/mol. The molecule has 24 heavy (non-hydrogen) atoms. The molecule has 1 unspecified atom stereocenters. The summed E-state index contributed by atoms with van der Waals surface area (Å²) in [5.41, 5.74) is 0. The minimum Gasteiger partial charge on any atom is -0.341 e. The van der Waals surface area contributed by atoms with Crippen LogP contribution in [0, 0.1) is 11.8 Å². The number of likely N-dealkylation sites (tertiary alicyclic amines) is 1. The zero-order chi connectivity index (χ0) is 17.5. The number of thiophene rings is 1. The molecule has 2 amide bonds. The Labute approximate surface area is 148 Å². The van der Waals surface area contributed by atoms with E-state index in [0.717, 1.165) is 39.0 Å². The van der Waals surface area contributed by atoms with Crippen LogP contribution in [0.3, 0.4) is 0 Å². The molecular formula is C18H29N3O2S. The Kier molecular flexibility index (Phi) is 7.24. The molecular weight excluding hydrogens is 322 g/mol. The third-order valence-electron chi connectivity index (χ3n) is 4.57. The summed E-state index contributed by atoms with van der Waals surface area (Å²) >= 11 is 1.40. The highest BCUT2D eigenvalue weighted by molar-refractivity contribution is 7.12. The molecule has 2 N–H and O–H groups in total. The number of nitrogens with one attached hydrogen (secondary N) is 2. The van der Waals surface area contributed by atoms with Gasteiger partial charge >= 0.3 is 0 Å². The summed E-state index contributed by atoms with van der Waals surface area (Å²) in [7, 11) is 0. The van der Waals surface area contributed by atoms with Crippen molar-refractivity contribution in [3.63, 3.8) is 0 Å². The summed E-state index contributed by atoms with van der Waals surface area (Å²) in [6.45, 7) is 9.66. The fourth-order valence-electron chi connectivity index (χ4n) is 3.04. The fraction of sp³-hybridized carbons (Fsp3) is 0.667. The summed E-state index contributed by atoms with van der Waals surface area (Å²) in [4.78, 5) is 27.7. The van der Waals surface area contributed by atoms with E-state index in [2.05, 4.69) is 17.6 Å². The maximum Gasteiger partial charge on any atom is 0.262 e. The van der Waals surface area contributed by atoms with Crippen LogP contribution < -0.4 is 10.6 Å². The molecule has 1 aliphatic rings. The van der Waals surface area contributed by atoms with E-state index in [1.165, 1.54) is 11.3 Å². The van der Waals surface area contributed by atoms with Gasteiger partial charge in [0, 0.05) is 13.1 Å². The number of amides is 2. The molecule has 1 aromatic heterocycles. The summed E-state index contributed by atoms with van der Waals surface area (Å²) in [5.74, 6) is 0.615. The number of hydrogen-bond donors (Lipinski definition) is 2. The number of rotatable bonds is 7. The predicted molar refractivity (Wildman–Crippen MR) is 98.3 cm³/mol. The van der Waals surface area contributed by atoms with Crippen molar-refractivity contribution in [3.05, 3.63) is 22.4 Å². The van der Waals surface area contributed by atoms with Gasteiger partial charge in [-0.2, -0.15) is 0 Å². The van der Waals surface area contributed by atoms with E-state index in [0.29, 0.717) is 10.8 Å². The van der Waals surface area contributed by atoms with Gasteiger partial charge in [0.15, 0.2) is 0 Å². The van der Waals surface area contributed by atoms with Crippen molar-refractivity contribution in [1.29, 1.82) is 0 Å². The molecule has 1 atom stereocenters. The zero-order valence-electron chi connectivity index (χ0n) is 14.9. The van der Waals surface area contributed by atoms with Gasteiger partial charge in [0.25, 0.3) is 5.91 Å². The van der Waals surface area contributed by atoms with Gasteiger partial charge in [-0.1, -0.05) is 26.8 Å². The topological polar surface area (TPSA) is 61.4 Å². The second kappa shape index (κ2) is 9.18. The summed E-state index contributed by atoms with van der Waals surface area (Å²) in [5, 5.41) is 8.19. The SMILES string of the molecule is CCNCC1CCN(C(=O)C(NC(=O)c2cccs2)C(C)C)CC1. The highest BCUT2D eigenvalue weighted by Crippen LogP contribution is 2.19. The third-order valence-corrected chi connectivity index (χ3v) is 5.44.